The van der Waals surface area contributed by atoms with E-state index in [1.54, 1.807) is 13.1 Å². The first-order valence-electron chi connectivity index (χ1n) is 5.28. The fraction of sp³-hybridized carbons (Fsp3) is 0.167. The lowest BCUT2D eigenvalue weighted by Crippen LogP contribution is -1.99. The Morgan fingerprint density at radius 3 is 2.63 bits per heavy atom. The van der Waals surface area contributed by atoms with E-state index in [1.165, 1.54) is 23.9 Å². The lowest BCUT2D eigenvalue weighted by Gasteiger charge is -2.09. The molecule has 2 rings (SSSR count). The van der Waals surface area contributed by atoms with Crippen molar-refractivity contribution in [1.29, 1.82) is 0 Å². The number of aromatic hydroxyl groups is 1. The number of nitrogens with zero attached hydrogens (tertiary/aromatic N) is 2. The second-order valence-corrected chi connectivity index (χ2v) is 4.70. The standard InChI is InChI=1S/C12H11BrN2O4/c1-15-9(5-8(14-15)12(17)18)6-3-11(19-2)10(16)4-7(6)13/h3-5,16H,1-2H3,(H,17,18). The van der Waals surface area contributed by atoms with E-state index in [0.717, 1.165) is 0 Å². The molecular weight excluding hydrogens is 316 g/mol. The fourth-order valence-electron chi connectivity index (χ4n) is 1.73. The van der Waals surface area contributed by atoms with Gasteiger partial charge in [0.25, 0.3) is 0 Å². The van der Waals surface area contributed by atoms with Crippen LogP contribution in [-0.2, 0) is 7.05 Å². The molecule has 6 nitrogen and oxygen atoms in total. The molecule has 19 heavy (non-hydrogen) atoms. The van der Waals surface area contributed by atoms with Gasteiger partial charge in [-0.15, -0.1) is 0 Å². The van der Waals surface area contributed by atoms with Gasteiger partial charge in [-0.05, 0) is 34.1 Å². The van der Waals surface area contributed by atoms with Gasteiger partial charge >= 0.3 is 5.97 Å². The zero-order valence-corrected chi connectivity index (χ0v) is 11.8. The van der Waals surface area contributed by atoms with Crippen LogP contribution in [-0.4, -0.2) is 33.1 Å². The molecule has 100 valence electrons. The zero-order valence-electron chi connectivity index (χ0n) is 10.2. The number of aromatic nitrogens is 2. The smallest absolute Gasteiger partial charge is 0.356 e. The number of methoxy groups -OCH3 is 1. The highest BCUT2D eigenvalue weighted by Crippen LogP contribution is 2.37. The molecule has 0 fully saturated rings. The number of halogens is 1. The number of aryl methyl sites for hydroxylation is 1. The molecule has 0 radical (unpaired) electrons. The summed E-state index contributed by atoms with van der Waals surface area (Å²) in [4.78, 5) is 10.9. The van der Waals surface area contributed by atoms with Crippen LogP contribution in [0.4, 0.5) is 0 Å². The van der Waals surface area contributed by atoms with Gasteiger partial charge in [-0.1, -0.05) is 0 Å². The van der Waals surface area contributed by atoms with Gasteiger partial charge < -0.3 is 14.9 Å². The molecule has 0 saturated heterocycles. The van der Waals surface area contributed by atoms with Gasteiger partial charge in [0.2, 0.25) is 0 Å². The second-order valence-electron chi connectivity index (χ2n) is 3.85. The molecule has 0 unspecified atom stereocenters. The van der Waals surface area contributed by atoms with E-state index in [2.05, 4.69) is 21.0 Å². The van der Waals surface area contributed by atoms with Crippen molar-refractivity contribution in [3.63, 3.8) is 0 Å². The normalized spacial score (nSPS) is 10.5. The molecule has 0 aliphatic heterocycles. The molecule has 0 bridgehead atoms. The number of rotatable bonds is 3. The third-order valence-electron chi connectivity index (χ3n) is 2.64. The summed E-state index contributed by atoms with van der Waals surface area (Å²) in [6.07, 6.45) is 0. The Kier molecular flexibility index (Phi) is 3.48. The van der Waals surface area contributed by atoms with E-state index in [4.69, 9.17) is 9.84 Å². The van der Waals surface area contributed by atoms with Crippen LogP contribution in [0.2, 0.25) is 0 Å². The van der Waals surface area contributed by atoms with E-state index in [1.807, 2.05) is 0 Å². The number of carboxylic acids is 1. The van der Waals surface area contributed by atoms with E-state index < -0.39 is 5.97 Å². The molecule has 0 atom stereocenters. The van der Waals surface area contributed by atoms with Crippen LogP contribution in [0.25, 0.3) is 11.3 Å². The summed E-state index contributed by atoms with van der Waals surface area (Å²) in [7, 11) is 3.09. The minimum absolute atomic E-state index is 0.00116. The molecule has 1 heterocycles. The Bertz CT molecular complexity index is 651. The van der Waals surface area contributed by atoms with Gasteiger partial charge in [0.05, 0.1) is 12.8 Å². The molecule has 0 saturated carbocycles. The molecule has 1 aromatic carbocycles. The molecule has 1 aromatic heterocycles. The summed E-state index contributed by atoms with van der Waals surface area (Å²) in [5.74, 6) is -0.793. The lowest BCUT2D eigenvalue weighted by atomic mass is 10.1. The van der Waals surface area contributed by atoms with Crippen molar-refractivity contribution in [2.75, 3.05) is 7.11 Å². The van der Waals surface area contributed by atoms with Crippen LogP contribution >= 0.6 is 15.9 Å². The first kappa shape index (κ1) is 13.4. The number of benzene rings is 1. The molecule has 0 spiro atoms. The molecule has 2 aromatic rings. The predicted octanol–water partition coefficient (Wildman–Crippen LogP) is 2.26. The molecular formula is C12H11BrN2O4. The summed E-state index contributed by atoms with van der Waals surface area (Å²) in [5.41, 5.74) is 1.23. The third-order valence-corrected chi connectivity index (χ3v) is 3.30. The number of hydrogen-bond acceptors (Lipinski definition) is 4. The van der Waals surface area contributed by atoms with Gasteiger partial charge in [0.1, 0.15) is 0 Å². The van der Waals surface area contributed by atoms with Gasteiger partial charge in [-0.25, -0.2) is 4.79 Å². The Balaban J connectivity index is 2.61. The quantitative estimate of drug-likeness (QED) is 0.903. The first-order chi connectivity index (χ1) is 8.93. The first-order valence-corrected chi connectivity index (χ1v) is 6.07. The van der Waals surface area contributed by atoms with Crippen molar-refractivity contribution in [3.8, 4) is 22.8 Å². The van der Waals surface area contributed by atoms with E-state index in [-0.39, 0.29) is 11.4 Å². The number of phenols is 1. The Labute approximate surface area is 117 Å². The minimum atomic E-state index is -1.09. The molecule has 7 heteroatoms. The van der Waals surface area contributed by atoms with Crippen LogP contribution in [0.15, 0.2) is 22.7 Å². The van der Waals surface area contributed by atoms with Crippen LogP contribution < -0.4 is 4.74 Å². The highest BCUT2D eigenvalue weighted by molar-refractivity contribution is 9.10. The number of hydrogen-bond donors (Lipinski definition) is 2. The van der Waals surface area contributed by atoms with Gasteiger partial charge in [0, 0.05) is 17.1 Å². The zero-order chi connectivity index (χ0) is 14.2. The average molecular weight is 327 g/mol. The van der Waals surface area contributed by atoms with Crippen molar-refractivity contribution in [3.05, 3.63) is 28.4 Å². The number of ether oxygens (including phenoxy) is 1. The topological polar surface area (TPSA) is 84.6 Å². The molecule has 0 aliphatic rings. The van der Waals surface area contributed by atoms with Crippen molar-refractivity contribution < 1.29 is 19.7 Å². The summed E-state index contributed by atoms with van der Waals surface area (Å²) in [6, 6.07) is 4.56. The summed E-state index contributed by atoms with van der Waals surface area (Å²) < 4.78 is 7.11. The lowest BCUT2D eigenvalue weighted by molar-refractivity contribution is 0.0689. The van der Waals surface area contributed by atoms with E-state index >= 15 is 0 Å². The van der Waals surface area contributed by atoms with Gasteiger partial charge in [-0.3, -0.25) is 4.68 Å². The molecule has 0 aliphatic carbocycles. The monoisotopic (exact) mass is 326 g/mol. The Morgan fingerprint density at radius 2 is 2.11 bits per heavy atom. The number of phenolic OH excluding ortho intramolecular Hbond substituents is 1. The minimum Gasteiger partial charge on any atom is -0.504 e. The van der Waals surface area contributed by atoms with Crippen molar-refractivity contribution in [2.24, 2.45) is 7.05 Å². The predicted molar refractivity (Wildman–Crippen MR) is 71.5 cm³/mol. The maximum absolute atomic E-state index is 10.9. The van der Waals surface area contributed by atoms with E-state index in [0.29, 0.717) is 21.5 Å². The largest absolute Gasteiger partial charge is 0.504 e. The third kappa shape index (κ3) is 2.41. The maximum atomic E-state index is 10.9. The number of carbonyl (C=O) groups is 1. The Morgan fingerprint density at radius 1 is 1.42 bits per heavy atom. The number of aromatic carboxylic acids is 1. The highest BCUT2D eigenvalue weighted by atomic mass is 79.9. The second kappa shape index (κ2) is 4.93. The summed E-state index contributed by atoms with van der Waals surface area (Å²) >= 11 is 3.32. The molecule has 2 N–H and O–H groups in total. The SMILES string of the molecule is COc1cc(-c2cc(C(=O)O)nn2C)c(Br)cc1O. The summed E-state index contributed by atoms with van der Waals surface area (Å²) in [6.45, 7) is 0. The van der Waals surface area contributed by atoms with Crippen molar-refractivity contribution >= 4 is 21.9 Å². The van der Waals surface area contributed by atoms with Crippen molar-refractivity contribution in [1.82, 2.24) is 9.78 Å². The van der Waals surface area contributed by atoms with Gasteiger partial charge in [-0.2, -0.15) is 5.10 Å². The summed E-state index contributed by atoms with van der Waals surface area (Å²) in [5, 5.41) is 22.5. The fourth-order valence-corrected chi connectivity index (χ4v) is 2.26. The Hall–Kier alpha value is -2.02. The van der Waals surface area contributed by atoms with Crippen LogP contribution in [0.5, 0.6) is 11.5 Å². The number of carboxylic acid groups (broad SMARTS) is 1. The van der Waals surface area contributed by atoms with Crippen LogP contribution in [0, 0.1) is 0 Å². The maximum Gasteiger partial charge on any atom is 0.356 e. The van der Waals surface area contributed by atoms with Crippen molar-refractivity contribution in [2.45, 2.75) is 0 Å². The molecule has 0 amide bonds. The van der Waals surface area contributed by atoms with Crippen LogP contribution in [0.3, 0.4) is 0 Å². The van der Waals surface area contributed by atoms with Gasteiger partial charge in [0.15, 0.2) is 17.2 Å². The van der Waals surface area contributed by atoms with Crippen LogP contribution in [0.1, 0.15) is 10.5 Å². The van der Waals surface area contributed by atoms with E-state index in [9.17, 15) is 9.90 Å². The average Bonchev–Trinajstić information content (AvgIpc) is 2.72. The highest BCUT2D eigenvalue weighted by Gasteiger charge is 2.16.